The fourth-order valence-electron chi connectivity index (χ4n) is 4.47. The van der Waals surface area contributed by atoms with Crippen molar-refractivity contribution in [2.45, 2.75) is 43.8 Å². The van der Waals surface area contributed by atoms with Crippen LogP contribution in [0.5, 0.6) is 5.75 Å². The fraction of sp³-hybridized carbons (Fsp3) is 0.409. The maximum atomic E-state index is 13.2. The molecule has 2 fully saturated rings. The van der Waals surface area contributed by atoms with Gasteiger partial charge in [0.05, 0.1) is 17.1 Å². The second kappa shape index (κ2) is 7.68. The summed E-state index contributed by atoms with van der Waals surface area (Å²) in [6, 6.07) is 13.0. The molecule has 2 N–H and O–H groups in total. The van der Waals surface area contributed by atoms with E-state index >= 15 is 0 Å². The number of aromatic hydroxyl groups is 1. The van der Waals surface area contributed by atoms with Crippen LogP contribution in [0.15, 0.2) is 47.4 Å². The maximum absolute atomic E-state index is 13.2. The Hall–Kier alpha value is -2.42. The number of phenols is 1. The van der Waals surface area contributed by atoms with E-state index in [0.29, 0.717) is 50.1 Å². The van der Waals surface area contributed by atoms with Crippen LogP contribution in [0.2, 0.25) is 0 Å². The number of sulfonamides is 1. The lowest BCUT2D eigenvalue weighted by Gasteiger charge is -2.43. The summed E-state index contributed by atoms with van der Waals surface area (Å²) in [5, 5.41) is 13.1. The van der Waals surface area contributed by atoms with E-state index in [4.69, 9.17) is 0 Å². The molecule has 0 saturated carbocycles. The zero-order valence-corrected chi connectivity index (χ0v) is 18.1. The van der Waals surface area contributed by atoms with E-state index in [9.17, 15) is 18.3 Å². The molecule has 8 heteroatoms. The summed E-state index contributed by atoms with van der Waals surface area (Å²) in [4.78, 5) is 14.5. The molecule has 2 aliphatic rings. The van der Waals surface area contributed by atoms with E-state index in [1.54, 1.807) is 13.8 Å². The molecule has 2 saturated heterocycles. The van der Waals surface area contributed by atoms with Crippen LogP contribution >= 0.6 is 0 Å². The smallest absolute Gasteiger partial charge is 0.243 e. The van der Waals surface area contributed by atoms with Gasteiger partial charge in [-0.25, -0.2) is 8.42 Å². The van der Waals surface area contributed by atoms with Gasteiger partial charge < -0.3 is 10.4 Å². The van der Waals surface area contributed by atoms with Gasteiger partial charge in [0.25, 0.3) is 0 Å². The number of carbonyl (C=O) groups is 1. The molecule has 7 nitrogen and oxygen atoms in total. The van der Waals surface area contributed by atoms with Gasteiger partial charge in [0.15, 0.2) is 0 Å². The van der Waals surface area contributed by atoms with Gasteiger partial charge >= 0.3 is 0 Å². The largest absolute Gasteiger partial charge is 0.507 e. The number of nitrogens with one attached hydrogen (secondary N) is 1. The Morgan fingerprint density at radius 3 is 2.27 bits per heavy atom. The summed E-state index contributed by atoms with van der Waals surface area (Å²) in [5.74, 6) is 0.101. The van der Waals surface area contributed by atoms with Gasteiger partial charge in [-0.1, -0.05) is 30.3 Å². The Morgan fingerprint density at radius 2 is 1.67 bits per heavy atom. The van der Waals surface area contributed by atoms with Gasteiger partial charge in [-0.05, 0) is 55.5 Å². The molecule has 160 valence electrons. The molecule has 0 unspecified atom stereocenters. The molecular formula is C22H27N3O4S. The highest BCUT2D eigenvalue weighted by atomic mass is 32.2. The van der Waals surface area contributed by atoms with Gasteiger partial charge in [-0.3, -0.25) is 9.69 Å². The molecular weight excluding hydrogens is 402 g/mol. The van der Waals surface area contributed by atoms with Crippen molar-refractivity contribution in [2.24, 2.45) is 0 Å². The molecule has 1 spiro atoms. The predicted molar refractivity (Wildman–Crippen MR) is 113 cm³/mol. The molecule has 1 amide bonds. The topological polar surface area (TPSA) is 90.0 Å². The van der Waals surface area contributed by atoms with Crippen molar-refractivity contribution in [1.29, 1.82) is 0 Å². The highest BCUT2D eigenvalue weighted by molar-refractivity contribution is 7.89. The average Bonchev–Trinajstić information content (AvgIpc) is 3.01. The number of carbonyl (C=O) groups excluding carboxylic acids is 1. The first-order valence-corrected chi connectivity index (χ1v) is 11.6. The van der Waals surface area contributed by atoms with E-state index in [1.165, 1.54) is 16.4 Å². The molecule has 30 heavy (non-hydrogen) atoms. The van der Waals surface area contributed by atoms with E-state index in [-0.39, 0.29) is 16.6 Å². The molecule has 2 aliphatic heterocycles. The van der Waals surface area contributed by atoms with Gasteiger partial charge in [0.1, 0.15) is 5.75 Å². The van der Waals surface area contributed by atoms with Gasteiger partial charge in [0.2, 0.25) is 15.9 Å². The number of nitrogens with zero attached hydrogens (tertiary/aromatic N) is 2. The Labute approximate surface area is 177 Å². The highest BCUT2D eigenvalue weighted by Crippen LogP contribution is 2.34. The van der Waals surface area contributed by atoms with Crippen LogP contribution in [0.4, 0.5) is 0 Å². The summed E-state index contributed by atoms with van der Waals surface area (Å²) in [5.41, 5.74) is 1.69. The van der Waals surface area contributed by atoms with Crippen LogP contribution < -0.4 is 5.32 Å². The number of piperidine rings is 1. The van der Waals surface area contributed by atoms with Crippen molar-refractivity contribution in [1.82, 2.24) is 14.5 Å². The minimum absolute atomic E-state index is 0.0213. The standard InChI is InChI=1S/C22H27N3O4S/c1-16-12-19(13-17(2)21(16)27)30(28,29)25-10-8-22(9-11-25)23-20(26)15-24(22)14-18-6-4-3-5-7-18/h3-7,12-13,27H,8-11,14-15H2,1-2H3,(H,23,26). The van der Waals surface area contributed by atoms with Crippen LogP contribution in [-0.2, 0) is 21.4 Å². The monoisotopic (exact) mass is 429 g/mol. The lowest BCUT2D eigenvalue weighted by atomic mass is 9.97. The number of hydrogen-bond acceptors (Lipinski definition) is 5. The predicted octanol–water partition coefficient (Wildman–Crippen LogP) is 2.12. The zero-order chi connectivity index (χ0) is 21.5. The van der Waals surface area contributed by atoms with Gasteiger partial charge in [0, 0.05) is 19.6 Å². The summed E-state index contributed by atoms with van der Waals surface area (Å²) in [6.45, 7) is 5.00. The molecule has 2 aromatic carbocycles. The lowest BCUT2D eigenvalue weighted by Crippen LogP contribution is -2.58. The van der Waals surface area contributed by atoms with Crippen molar-refractivity contribution in [2.75, 3.05) is 19.6 Å². The van der Waals surface area contributed by atoms with Crippen LogP contribution in [0, 0.1) is 13.8 Å². The molecule has 2 aromatic rings. The van der Waals surface area contributed by atoms with Gasteiger partial charge in [-0.2, -0.15) is 4.31 Å². The Kier molecular flexibility index (Phi) is 5.34. The van der Waals surface area contributed by atoms with E-state index in [1.807, 2.05) is 30.3 Å². The van der Waals surface area contributed by atoms with Crippen LogP contribution in [0.1, 0.15) is 29.5 Å². The number of aryl methyl sites for hydroxylation is 2. The summed E-state index contributed by atoms with van der Waals surface area (Å²) >= 11 is 0. The Morgan fingerprint density at radius 1 is 1.07 bits per heavy atom. The number of hydrogen-bond donors (Lipinski definition) is 2. The third kappa shape index (κ3) is 3.71. The highest BCUT2D eigenvalue weighted by Gasteiger charge is 2.48. The number of benzene rings is 2. The first kappa shape index (κ1) is 20.8. The van der Waals surface area contributed by atoms with E-state index in [0.717, 1.165) is 5.56 Å². The fourth-order valence-corrected chi connectivity index (χ4v) is 6.08. The number of rotatable bonds is 4. The molecule has 0 bridgehead atoms. The maximum Gasteiger partial charge on any atom is 0.243 e. The van der Waals surface area contributed by atoms with Crippen molar-refractivity contribution in [3.8, 4) is 5.75 Å². The minimum atomic E-state index is -3.67. The SMILES string of the molecule is Cc1cc(S(=O)(=O)N2CCC3(CC2)NC(=O)CN3Cc2ccccc2)cc(C)c1O. The van der Waals surface area contributed by atoms with Crippen LogP contribution in [-0.4, -0.2) is 53.9 Å². The van der Waals surface area contributed by atoms with Crippen molar-refractivity contribution >= 4 is 15.9 Å². The second-order valence-electron chi connectivity index (χ2n) is 8.23. The molecule has 4 rings (SSSR count). The minimum Gasteiger partial charge on any atom is -0.507 e. The Balaban J connectivity index is 1.53. The Bertz CT molecular complexity index is 1040. The molecule has 0 aromatic heterocycles. The van der Waals surface area contributed by atoms with Crippen molar-refractivity contribution in [3.05, 3.63) is 59.2 Å². The summed E-state index contributed by atoms with van der Waals surface area (Å²) in [6.07, 6.45) is 1.06. The molecule has 0 atom stereocenters. The lowest BCUT2D eigenvalue weighted by molar-refractivity contribution is -0.119. The normalized spacial score (nSPS) is 19.9. The quantitative estimate of drug-likeness (QED) is 0.777. The van der Waals surface area contributed by atoms with Crippen LogP contribution in [0.3, 0.4) is 0 Å². The summed E-state index contributed by atoms with van der Waals surface area (Å²) in [7, 11) is -3.67. The van der Waals surface area contributed by atoms with E-state index in [2.05, 4.69) is 10.2 Å². The molecule has 2 heterocycles. The zero-order valence-electron chi connectivity index (χ0n) is 17.3. The second-order valence-corrected chi connectivity index (χ2v) is 10.2. The first-order chi connectivity index (χ1) is 14.2. The number of amides is 1. The first-order valence-electron chi connectivity index (χ1n) is 10.1. The average molecular weight is 430 g/mol. The third-order valence-electron chi connectivity index (χ3n) is 6.18. The third-order valence-corrected chi connectivity index (χ3v) is 8.06. The number of phenolic OH excluding ortho intramolecular Hbond substituents is 1. The van der Waals surface area contributed by atoms with Crippen molar-refractivity contribution in [3.63, 3.8) is 0 Å². The van der Waals surface area contributed by atoms with Gasteiger partial charge in [-0.15, -0.1) is 0 Å². The van der Waals surface area contributed by atoms with Crippen LogP contribution in [0.25, 0.3) is 0 Å². The summed E-state index contributed by atoms with van der Waals surface area (Å²) < 4.78 is 27.9. The van der Waals surface area contributed by atoms with Crippen molar-refractivity contribution < 1.29 is 18.3 Å². The molecule has 0 aliphatic carbocycles. The molecule has 0 radical (unpaired) electrons. The van der Waals surface area contributed by atoms with E-state index < -0.39 is 15.7 Å².